The lowest BCUT2D eigenvalue weighted by Crippen LogP contribution is -2.31. The van der Waals surface area contributed by atoms with Gasteiger partial charge in [-0.3, -0.25) is 14.3 Å². The number of fused-ring (bicyclic) bond motifs is 1. The highest BCUT2D eigenvalue weighted by atomic mass is 35.5. The monoisotopic (exact) mass is 565 g/mol. The standard InChI is InChI=1S/C22H14Cl2F5N3O3S/c1-9-15-18(33)31-21(34)32(5-4-22(27,28)29)20(15)36-16(9)10-6-12(17(25)26)19(30-8-10)35-11-2-3-13(23)14(24)7-11/h2-3,6-8,17H,4-5H2,1H3,(H,31,33,34). The fourth-order valence-corrected chi connectivity index (χ4v) is 5.08. The van der Waals surface area contributed by atoms with Crippen molar-refractivity contribution in [3.8, 4) is 22.1 Å². The van der Waals surface area contributed by atoms with E-state index in [9.17, 15) is 31.5 Å². The second kappa shape index (κ2) is 9.83. The number of halogens is 7. The number of benzene rings is 1. The molecule has 0 aliphatic heterocycles. The lowest BCUT2D eigenvalue weighted by atomic mass is 10.1. The number of aryl methyl sites for hydroxylation is 2. The van der Waals surface area contributed by atoms with Crippen molar-refractivity contribution in [2.45, 2.75) is 32.5 Å². The molecule has 190 valence electrons. The Kier molecular flexibility index (Phi) is 7.13. The van der Waals surface area contributed by atoms with Crippen molar-refractivity contribution in [3.63, 3.8) is 0 Å². The molecule has 0 saturated carbocycles. The summed E-state index contributed by atoms with van der Waals surface area (Å²) >= 11 is 12.6. The van der Waals surface area contributed by atoms with Crippen LogP contribution in [0, 0.1) is 6.92 Å². The summed E-state index contributed by atoms with van der Waals surface area (Å²) in [5.74, 6) is -0.282. The van der Waals surface area contributed by atoms with Crippen molar-refractivity contribution in [2.24, 2.45) is 0 Å². The number of pyridine rings is 1. The van der Waals surface area contributed by atoms with Crippen molar-refractivity contribution in [3.05, 3.63) is 72.5 Å². The molecule has 0 unspecified atom stereocenters. The van der Waals surface area contributed by atoms with Crippen LogP contribution in [-0.4, -0.2) is 20.7 Å². The number of H-pyrrole nitrogens is 1. The first-order chi connectivity index (χ1) is 16.9. The van der Waals surface area contributed by atoms with E-state index in [1.54, 1.807) is 0 Å². The number of nitrogens with zero attached hydrogens (tertiary/aromatic N) is 2. The number of thiophene rings is 1. The Morgan fingerprint density at radius 1 is 1.17 bits per heavy atom. The van der Waals surface area contributed by atoms with Crippen LogP contribution in [0.4, 0.5) is 22.0 Å². The average Bonchev–Trinajstić information content (AvgIpc) is 3.13. The fraction of sp³-hybridized carbons (Fsp3) is 0.227. The molecule has 0 atom stereocenters. The van der Waals surface area contributed by atoms with Crippen LogP contribution in [0.1, 0.15) is 24.0 Å². The first-order valence-corrected chi connectivity index (χ1v) is 11.7. The maximum Gasteiger partial charge on any atom is 0.390 e. The SMILES string of the molecule is Cc1c(-c2cnc(Oc3ccc(Cl)c(Cl)c3)c(C(F)F)c2)sc2c1c(=O)[nH]c(=O)n2CCC(F)(F)F. The zero-order valence-corrected chi connectivity index (χ0v) is 20.4. The molecule has 6 nitrogen and oxygen atoms in total. The predicted octanol–water partition coefficient (Wildman–Crippen LogP) is 7.11. The van der Waals surface area contributed by atoms with Crippen molar-refractivity contribution >= 4 is 44.8 Å². The van der Waals surface area contributed by atoms with Gasteiger partial charge in [0.2, 0.25) is 5.88 Å². The van der Waals surface area contributed by atoms with Gasteiger partial charge in [0.05, 0.1) is 27.4 Å². The third-order valence-electron chi connectivity index (χ3n) is 5.17. The van der Waals surface area contributed by atoms with Crippen LogP contribution in [0.25, 0.3) is 20.7 Å². The van der Waals surface area contributed by atoms with Crippen molar-refractivity contribution in [2.75, 3.05) is 0 Å². The highest BCUT2D eigenvalue weighted by Gasteiger charge is 2.28. The highest BCUT2D eigenvalue weighted by Crippen LogP contribution is 2.40. The Morgan fingerprint density at radius 3 is 2.53 bits per heavy atom. The molecule has 0 bridgehead atoms. The second-order valence-electron chi connectivity index (χ2n) is 7.61. The molecule has 0 saturated heterocycles. The van der Waals surface area contributed by atoms with Gasteiger partial charge in [-0.1, -0.05) is 23.2 Å². The number of hydrogen-bond donors (Lipinski definition) is 1. The van der Waals surface area contributed by atoms with E-state index in [0.29, 0.717) is 5.56 Å². The quantitative estimate of drug-likeness (QED) is 0.253. The zero-order valence-electron chi connectivity index (χ0n) is 18.1. The molecule has 4 rings (SSSR count). The van der Waals surface area contributed by atoms with Gasteiger partial charge in [-0.25, -0.2) is 18.6 Å². The van der Waals surface area contributed by atoms with Gasteiger partial charge in [0.25, 0.3) is 12.0 Å². The molecule has 1 aromatic carbocycles. The van der Waals surface area contributed by atoms with Crippen LogP contribution in [-0.2, 0) is 6.54 Å². The van der Waals surface area contributed by atoms with E-state index in [-0.39, 0.29) is 36.5 Å². The molecule has 0 aliphatic carbocycles. The zero-order chi connectivity index (χ0) is 26.4. The topological polar surface area (TPSA) is 77.0 Å². The van der Waals surface area contributed by atoms with Crippen molar-refractivity contribution < 1.29 is 26.7 Å². The van der Waals surface area contributed by atoms with Gasteiger partial charge >= 0.3 is 11.9 Å². The van der Waals surface area contributed by atoms with Crippen molar-refractivity contribution in [1.29, 1.82) is 0 Å². The second-order valence-corrected chi connectivity index (χ2v) is 9.42. The summed E-state index contributed by atoms with van der Waals surface area (Å²) in [5, 5.41) is 0.379. The van der Waals surface area contributed by atoms with Gasteiger partial charge in [0, 0.05) is 29.2 Å². The molecule has 3 heterocycles. The first-order valence-electron chi connectivity index (χ1n) is 10.1. The molecular formula is C22H14Cl2F5N3O3S. The van der Waals surface area contributed by atoms with Crippen LogP contribution >= 0.6 is 34.5 Å². The number of ether oxygens (including phenoxy) is 1. The molecule has 0 radical (unpaired) electrons. The van der Waals surface area contributed by atoms with Gasteiger partial charge in [-0.05, 0) is 30.7 Å². The molecule has 0 amide bonds. The molecule has 36 heavy (non-hydrogen) atoms. The van der Waals surface area contributed by atoms with E-state index in [2.05, 4.69) is 4.98 Å². The Bertz CT molecular complexity index is 1580. The van der Waals surface area contributed by atoms with Crippen LogP contribution in [0.5, 0.6) is 11.6 Å². The number of aromatic nitrogens is 3. The summed E-state index contributed by atoms with van der Waals surface area (Å²) < 4.78 is 72.4. The summed E-state index contributed by atoms with van der Waals surface area (Å²) in [4.78, 5) is 31.0. The fourth-order valence-electron chi connectivity index (χ4n) is 3.48. The number of rotatable bonds is 6. The van der Waals surface area contributed by atoms with Crippen LogP contribution in [0.3, 0.4) is 0 Å². The van der Waals surface area contributed by atoms with Crippen LogP contribution in [0.2, 0.25) is 10.0 Å². The largest absolute Gasteiger partial charge is 0.438 e. The summed E-state index contributed by atoms with van der Waals surface area (Å²) in [5.41, 5.74) is -1.89. The lowest BCUT2D eigenvalue weighted by Gasteiger charge is -2.12. The minimum Gasteiger partial charge on any atom is -0.438 e. The predicted molar refractivity (Wildman–Crippen MR) is 127 cm³/mol. The Hall–Kier alpha value is -2.96. The third-order valence-corrected chi connectivity index (χ3v) is 7.27. The summed E-state index contributed by atoms with van der Waals surface area (Å²) in [7, 11) is 0. The Morgan fingerprint density at radius 2 is 1.89 bits per heavy atom. The first kappa shape index (κ1) is 26.1. The summed E-state index contributed by atoms with van der Waals surface area (Å²) in [6.45, 7) is 0.788. The van der Waals surface area contributed by atoms with Crippen LogP contribution < -0.4 is 16.0 Å². The van der Waals surface area contributed by atoms with Gasteiger partial charge in [-0.15, -0.1) is 11.3 Å². The van der Waals surface area contributed by atoms with E-state index >= 15 is 0 Å². The van der Waals surface area contributed by atoms with Crippen LogP contribution in [0.15, 0.2) is 40.1 Å². The molecule has 0 aliphatic rings. The summed E-state index contributed by atoms with van der Waals surface area (Å²) in [6.07, 6.45) is -7.60. The van der Waals surface area contributed by atoms with Crippen molar-refractivity contribution in [1.82, 2.24) is 14.5 Å². The molecular weight excluding hydrogens is 552 g/mol. The minimum absolute atomic E-state index is 0.00442. The average molecular weight is 566 g/mol. The molecule has 0 spiro atoms. The van der Waals surface area contributed by atoms with E-state index in [0.717, 1.165) is 22.0 Å². The molecule has 1 N–H and O–H groups in total. The van der Waals surface area contributed by atoms with E-state index in [1.165, 1.54) is 31.3 Å². The van der Waals surface area contributed by atoms with Gasteiger partial charge in [0.15, 0.2) is 0 Å². The van der Waals surface area contributed by atoms with E-state index in [1.807, 2.05) is 4.98 Å². The molecule has 3 aromatic heterocycles. The van der Waals surface area contributed by atoms with Gasteiger partial charge in [-0.2, -0.15) is 13.2 Å². The highest BCUT2D eigenvalue weighted by molar-refractivity contribution is 7.22. The number of aromatic amines is 1. The van der Waals surface area contributed by atoms with Gasteiger partial charge in [0.1, 0.15) is 10.6 Å². The van der Waals surface area contributed by atoms with Gasteiger partial charge < -0.3 is 4.74 Å². The van der Waals surface area contributed by atoms with E-state index in [4.69, 9.17) is 27.9 Å². The Balaban J connectivity index is 1.81. The maximum absolute atomic E-state index is 13.9. The number of nitrogens with one attached hydrogen (secondary N) is 1. The number of alkyl halides is 5. The molecule has 0 fully saturated rings. The maximum atomic E-state index is 13.9. The normalized spacial score (nSPS) is 12.0. The Labute approximate surface area is 212 Å². The smallest absolute Gasteiger partial charge is 0.390 e. The van der Waals surface area contributed by atoms with E-state index < -0.39 is 48.3 Å². The minimum atomic E-state index is -4.53. The lowest BCUT2D eigenvalue weighted by molar-refractivity contribution is -0.136. The molecule has 4 aromatic rings. The molecule has 14 heteroatoms. The number of hydrogen-bond acceptors (Lipinski definition) is 5. The third kappa shape index (κ3) is 5.25. The summed E-state index contributed by atoms with van der Waals surface area (Å²) in [6, 6.07) is 5.28.